The number of aromatic amines is 1. The van der Waals surface area contributed by atoms with E-state index in [9.17, 15) is 4.79 Å². The Balaban J connectivity index is 2.48. The maximum absolute atomic E-state index is 10.8. The molecule has 1 aromatic heterocycles. The van der Waals surface area contributed by atoms with E-state index in [2.05, 4.69) is 9.97 Å². The third kappa shape index (κ3) is 2.13. The highest BCUT2D eigenvalue weighted by atomic mass is 16.5. The molecular weight excluding hydrogens is 220 g/mol. The van der Waals surface area contributed by atoms with Gasteiger partial charge in [0.2, 0.25) is 5.82 Å². The van der Waals surface area contributed by atoms with Crippen LogP contribution < -0.4 is 4.74 Å². The SMILES string of the molecule is COc1cccc(-c2nc(C(=O)O)[nH]c2C)c1. The highest BCUT2D eigenvalue weighted by Crippen LogP contribution is 2.24. The van der Waals surface area contributed by atoms with E-state index in [0.717, 1.165) is 11.3 Å². The first-order chi connectivity index (χ1) is 8.11. The summed E-state index contributed by atoms with van der Waals surface area (Å²) in [5.74, 6) is -0.413. The van der Waals surface area contributed by atoms with Gasteiger partial charge < -0.3 is 14.8 Å². The van der Waals surface area contributed by atoms with Crippen LogP contribution >= 0.6 is 0 Å². The van der Waals surface area contributed by atoms with Gasteiger partial charge in [0.15, 0.2) is 0 Å². The third-order valence-corrected chi connectivity index (χ3v) is 2.43. The van der Waals surface area contributed by atoms with Crippen LogP contribution in [0.2, 0.25) is 0 Å². The fourth-order valence-corrected chi connectivity index (χ4v) is 1.61. The molecular formula is C12H12N2O3. The minimum absolute atomic E-state index is 0.0553. The summed E-state index contributed by atoms with van der Waals surface area (Å²) in [4.78, 5) is 17.6. The highest BCUT2D eigenvalue weighted by Gasteiger charge is 2.13. The van der Waals surface area contributed by atoms with Crippen molar-refractivity contribution in [3.05, 3.63) is 35.8 Å². The van der Waals surface area contributed by atoms with Gasteiger partial charge in [0, 0.05) is 11.3 Å². The molecule has 17 heavy (non-hydrogen) atoms. The summed E-state index contributed by atoms with van der Waals surface area (Å²) in [6.45, 7) is 1.79. The number of nitrogens with one attached hydrogen (secondary N) is 1. The Kier molecular flexibility index (Phi) is 2.82. The van der Waals surface area contributed by atoms with Crippen molar-refractivity contribution in [2.45, 2.75) is 6.92 Å². The summed E-state index contributed by atoms with van der Waals surface area (Å²) in [5, 5.41) is 8.85. The lowest BCUT2D eigenvalue weighted by Gasteiger charge is -2.02. The summed E-state index contributed by atoms with van der Waals surface area (Å²) in [6.07, 6.45) is 0. The molecule has 88 valence electrons. The molecule has 0 radical (unpaired) electrons. The number of aromatic carboxylic acids is 1. The van der Waals surface area contributed by atoms with Crippen LogP contribution in [0.25, 0.3) is 11.3 Å². The number of hydrogen-bond acceptors (Lipinski definition) is 3. The van der Waals surface area contributed by atoms with Crippen molar-refractivity contribution in [2.24, 2.45) is 0 Å². The second-order valence-corrected chi connectivity index (χ2v) is 3.60. The van der Waals surface area contributed by atoms with Gasteiger partial charge in [0.25, 0.3) is 0 Å². The minimum Gasteiger partial charge on any atom is -0.497 e. The average molecular weight is 232 g/mol. The third-order valence-electron chi connectivity index (χ3n) is 2.43. The quantitative estimate of drug-likeness (QED) is 0.849. The van der Waals surface area contributed by atoms with E-state index in [0.29, 0.717) is 11.4 Å². The van der Waals surface area contributed by atoms with Crippen molar-refractivity contribution < 1.29 is 14.6 Å². The number of aryl methyl sites for hydroxylation is 1. The Hall–Kier alpha value is -2.30. The summed E-state index contributed by atoms with van der Waals surface area (Å²) in [7, 11) is 1.58. The number of benzene rings is 1. The number of imidazole rings is 1. The first kappa shape index (κ1) is 11.2. The zero-order chi connectivity index (χ0) is 12.4. The highest BCUT2D eigenvalue weighted by molar-refractivity contribution is 5.84. The number of carboxylic acid groups (broad SMARTS) is 1. The van der Waals surface area contributed by atoms with E-state index in [1.165, 1.54) is 0 Å². The molecule has 1 heterocycles. The van der Waals surface area contributed by atoms with Crippen molar-refractivity contribution in [2.75, 3.05) is 7.11 Å². The number of methoxy groups -OCH3 is 1. The van der Waals surface area contributed by atoms with Crippen molar-refractivity contribution in [3.63, 3.8) is 0 Å². The molecule has 5 nitrogen and oxygen atoms in total. The van der Waals surface area contributed by atoms with Crippen molar-refractivity contribution >= 4 is 5.97 Å². The van der Waals surface area contributed by atoms with Gasteiger partial charge in [-0.05, 0) is 19.1 Å². The second kappa shape index (κ2) is 4.29. The fourth-order valence-electron chi connectivity index (χ4n) is 1.61. The van der Waals surface area contributed by atoms with Crippen LogP contribution in [0.1, 0.15) is 16.3 Å². The lowest BCUT2D eigenvalue weighted by molar-refractivity contribution is 0.0684. The molecule has 0 saturated carbocycles. The molecule has 0 saturated heterocycles. The van der Waals surface area contributed by atoms with Crippen LogP contribution in [-0.2, 0) is 0 Å². The van der Waals surface area contributed by atoms with Crippen molar-refractivity contribution in [1.29, 1.82) is 0 Å². The second-order valence-electron chi connectivity index (χ2n) is 3.60. The first-order valence-electron chi connectivity index (χ1n) is 5.06. The Morgan fingerprint density at radius 2 is 2.24 bits per heavy atom. The molecule has 0 spiro atoms. The van der Waals surface area contributed by atoms with Gasteiger partial charge in [-0.1, -0.05) is 12.1 Å². The molecule has 0 aliphatic carbocycles. The molecule has 0 aliphatic rings. The molecule has 0 fully saturated rings. The number of ether oxygens (including phenoxy) is 1. The Labute approximate surface area is 98.1 Å². The van der Waals surface area contributed by atoms with Crippen LogP contribution in [0, 0.1) is 6.92 Å². The Morgan fingerprint density at radius 1 is 1.47 bits per heavy atom. The standard InChI is InChI=1S/C12H12N2O3/c1-7-10(14-11(13-7)12(15)16)8-4-3-5-9(6-8)17-2/h3-6H,1-2H3,(H,13,14)(H,15,16). The van der Waals surface area contributed by atoms with Crippen LogP contribution in [0.15, 0.2) is 24.3 Å². The molecule has 0 amide bonds. The lowest BCUT2D eigenvalue weighted by Crippen LogP contribution is -1.98. The van der Waals surface area contributed by atoms with E-state index in [1.54, 1.807) is 14.0 Å². The van der Waals surface area contributed by atoms with E-state index in [-0.39, 0.29) is 5.82 Å². The van der Waals surface area contributed by atoms with Gasteiger partial charge in [0.1, 0.15) is 5.75 Å². The first-order valence-corrected chi connectivity index (χ1v) is 5.06. The predicted molar refractivity (Wildman–Crippen MR) is 62.3 cm³/mol. The molecule has 2 aromatic rings. The number of rotatable bonds is 3. The number of hydrogen-bond donors (Lipinski definition) is 2. The van der Waals surface area contributed by atoms with Crippen molar-refractivity contribution in [1.82, 2.24) is 9.97 Å². The maximum atomic E-state index is 10.8. The molecule has 5 heteroatoms. The van der Waals surface area contributed by atoms with Crippen LogP contribution in [0.3, 0.4) is 0 Å². The zero-order valence-electron chi connectivity index (χ0n) is 9.52. The van der Waals surface area contributed by atoms with Crippen LogP contribution in [0.5, 0.6) is 5.75 Å². The van der Waals surface area contributed by atoms with Gasteiger partial charge in [-0.15, -0.1) is 0 Å². The molecule has 1 aromatic carbocycles. The van der Waals surface area contributed by atoms with Gasteiger partial charge in [-0.2, -0.15) is 0 Å². The topological polar surface area (TPSA) is 75.2 Å². The number of nitrogens with zero attached hydrogens (tertiary/aromatic N) is 1. The van der Waals surface area contributed by atoms with E-state index in [4.69, 9.17) is 9.84 Å². The number of H-pyrrole nitrogens is 1. The molecule has 2 rings (SSSR count). The smallest absolute Gasteiger partial charge is 0.371 e. The molecule has 0 aliphatic heterocycles. The molecule has 2 N–H and O–H groups in total. The predicted octanol–water partition coefficient (Wildman–Crippen LogP) is 2.09. The van der Waals surface area contributed by atoms with Crippen LogP contribution in [-0.4, -0.2) is 28.2 Å². The van der Waals surface area contributed by atoms with Gasteiger partial charge in [-0.3, -0.25) is 0 Å². The Morgan fingerprint density at radius 3 is 2.82 bits per heavy atom. The van der Waals surface area contributed by atoms with Gasteiger partial charge in [0.05, 0.1) is 12.8 Å². The average Bonchev–Trinajstić information content (AvgIpc) is 2.72. The van der Waals surface area contributed by atoms with E-state index >= 15 is 0 Å². The number of aromatic nitrogens is 2. The van der Waals surface area contributed by atoms with Crippen molar-refractivity contribution in [3.8, 4) is 17.0 Å². The maximum Gasteiger partial charge on any atom is 0.371 e. The molecule has 0 atom stereocenters. The largest absolute Gasteiger partial charge is 0.497 e. The fraction of sp³-hybridized carbons (Fsp3) is 0.167. The van der Waals surface area contributed by atoms with E-state index in [1.807, 2.05) is 24.3 Å². The number of carbonyl (C=O) groups is 1. The van der Waals surface area contributed by atoms with Crippen LogP contribution in [0.4, 0.5) is 0 Å². The lowest BCUT2D eigenvalue weighted by atomic mass is 10.1. The monoisotopic (exact) mass is 232 g/mol. The van der Waals surface area contributed by atoms with Gasteiger partial charge >= 0.3 is 5.97 Å². The Bertz CT molecular complexity index is 561. The summed E-state index contributed by atoms with van der Waals surface area (Å²) >= 11 is 0. The molecule has 0 unspecified atom stereocenters. The normalized spacial score (nSPS) is 10.2. The summed E-state index contributed by atoms with van der Waals surface area (Å²) in [5.41, 5.74) is 2.17. The zero-order valence-corrected chi connectivity index (χ0v) is 9.52. The summed E-state index contributed by atoms with van der Waals surface area (Å²) in [6, 6.07) is 7.33. The number of carboxylic acids is 1. The molecule has 0 bridgehead atoms. The summed E-state index contributed by atoms with van der Waals surface area (Å²) < 4.78 is 5.12. The minimum atomic E-state index is -1.07. The van der Waals surface area contributed by atoms with Gasteiger partial charge in [-0.25, -0.2) is 9.78 Å². The van der Waals surface area contributed by atoms with E-state index < -0.39 is 5.97 Å².